The molecule has 0 bridgehead atoms. The predicted octanol–water partition coefficient (Wildman–Crippen LogP) is 4.61. The molecule has 134 valence electrons. The number of phenolic OH excluding ortho intramolecular Hbond substituents is 3. The molecule has 0 amide bonds. The molecule has 0 radical (unpaired) electrons. The van der Waals surface area contributed by atoms with Crippen molar-refractivity contribution in [2.24, 2.45) is 0 Å². The van der Waals surface area contributed by atoms with Crippen LogP contribution in [0.2, 0.25) is 0 Å². The lowest BCUT2D eigenvalue weighted by atomic mass is 9.83. The molecule has 0 fully saturated rings. The molecule has 3 N–H and O–H groups in total. The molecule has 0 spiro atoms. The number of hydrogen-bond donors (Lipinski definition) is 3. The molecule has 3 rings (SSSR count). The van der Waals surface area contributed by atoms with Gasteiger partial charge in [0.25, 0.3) is 0 Å². The second kappa shape index (κ2) is 7.00. The van der Waals surface area contributed by atoms with Crippen molar-refractivity contribution in [2.45, 2.75) is 19.8 Å². The zero-order chi connectivity index (χ0) is 18.8. The van der Waals surface area contributed by atoms with E-state index in [0.717, 1.165) is 16.7 Å². The van der Waals surface area contributed by atoms with Crippen LogP contribution in [0.5, 0.6) is 23.0 Å². The lowest BCUT2D eigenvalue weighted by Crippen LogP contribution is -2.05. The Morgan fingerprint density at radius 2 is 1.19 bits per heavy atom. The van der Waals surface area contributed by atoms with Crippen LogP contribution in [0.1, 0.15) is 33.7 Å². The van der Waals surface area contributed by atoms with E-state index in [1.165, 1.54) is 7.11 Å². The summed E-state index contributed by atoms with van der Waals surface area (Å²) in [6.07, 6.45) is 0. The average molecular weight is 350 g/mol. The highest BCUT2D eigenvalue weighted by Crippen LogP contribution is 2.43. The summed E-state index contributed by atoms with van der Waals surface area (Å²) >= 11 is 0. The normalized spacial score (nSPS) is 10.9. The van der Waals surface area contributed by atoms with Gasteiger partial charge in [0, 0.05) is 17.0 Å². The topological polar surface area (TPSA) is 69.9 Å². The van der Waals surface area contributed by atoms with Crippen molar-refractivity contribution in [3.05, 3.63) is 82.4 Å². The lowest BCUT2D eigenvalue weighted by molar-refractivity contribution is 0.373. The van der Waals surface area contributed by atoms with Crippen LogP contribution in [0, 0.1) is 13.8 Å². The standard InChI is InChI=1S/C22H22O4/c1-13-4-7-18(23)16(10-13)22(17-11-14(2)5-8-19(17)24)15-6-9-20(25)21(12-15)26-3/h4-12,22-25H,1-3H3. The van der Waals surface area contributed by atoms with Crippen molar-refractivity contribution in [2.75, 3.05) is 7.11 Å². The molecule has 4 heteroatoms. The van der Waals surface area contributed by atoms with Gasteiger partial charge in [0.1, 0.15) is 11.5 Å². The lowest BCUT2D eigenvalue weighted by Gasteiger charge is -2.22. The van der Waals surface area contributed by atoms with Crippen LogP contribution in [0.3, 0.4) is 0 Å². The van der Waals surface area contributed by atoms with Crippen LogP contribution in [0.25, 0.3) is 0 Å². The maximum atomic E-state index is 10.5. The zero-order valence-corrected chi connectivity index (χ0v) is 15.0. The first-order chi connectivity index (χ1) is 12.4. The number of ether oxygens (including phenoxy) is 1. The molecule has 0 saturated heterocycles. The molecule has 0 aliphatic carbocycles. The fourth-order valence-electron chi connectivity index (χ4n) is 3.21. The second-order valence-electron chi connectivity index (χ2n) is 6.49. The quantitative estimate of drug-likeness (QED) is 0.601. The first-order valence-corrected chi connectivity index (χ1v) is 8.36. The van der Waals surface area contributed by atoms with Gasteiger partial charge in [-0.1, -0.05) is 41.5 Å². The monoisotopic (exact) mass is 350 g/mol. The molecule has 0 aliphatic rings. The SMILES string of the molecule is COc1cc(C(c2cc(C)ccc2O)c2cc(C)ccc2O)ccc1O. The highest BCUT2D eigenvalue weighted by molar-refractivity contribution is 5.56. The van der Waals surface area contributed by atoms with E-state index in [9.17, 15) is 15.3 Å². The Balaban J connectivity index is 2.29. The van der Waals surface area contributed by atoms with Gasteiger partial charge in [-0.25, -0.2) is 0 Å². The largest absolute Gasteiger partial charge is 0.508 e. The highest BCUT2D eigenvalue weighted by Gasteiger charge is 2.24. The van der Waals surface area contributed by atoms with Gasteiger partial charge in [-0.15, -0.1) is 0 Å². The second-order valence-corrected chi connectivity index (χ2v) is 6.49. The van der Waals surface area contributed by atoms with Gasteiger partial charge in [0.05, 0.1) is 7.11 Å². The smallest absolute Gasteiger partial charge is 0.160 e. The number of hydrogen-bond acceptors (Lipinski definition) is 4. The van der Waals surface area contributed by atoms with Crippen molar-refractivity contribution in [3.63, 3.8) is 0 Å². The van der Waals surface area contributed by atoms with Crippen molar-refractivity contribution < 1.29 is 20.1 Å². The summed E-state index contributed by atoms with van der Waals surface area (Å²) < 4.78 is 5.24. The summed E-state index contributed by atoms with van der Waals surface area (Å²) in [5.41, 5.74) is 4.15. The maximum absolute atomic E-state index is 10.5. The predicted molar refractivity (Wildman–Crippen MR) is 101 cm³/mol. The molecule has 0 heterocycles. The molecular weight excluding hydrogens is 328 g/mol. The minimum absolute atomic E-state index is 0.0388. The van der Waals surface area contributed by atoms with Gasteiger partial charge >= 0.3 is 0 Å². The highest BCUT2D eigenvalue weighted by atomic mass is 16.5. The van der Waals surface area contributed by atoms with Gasteiger partial charge in [0.15, 0.2) is 11.5 Å². The van der Waals surface area contributed by atoms with Crippen LogP contribution < -0.4 is 4.74 Å². The van der Waals surface area contributed by atoms with Gasteiger partial charge in [-0.2, -0.15) is 0 Å². The van der Waals surface area contributed by atoms with Crippen LogP contribution >= 0.6 is 0 Å². The van der Waals surface area contributed by atoms with Gasteiger partial charge < -0.3 is 20.1 Å². The minimum atomic E-state index is -0.413. The number of methoxy groups -OCH3 is 1. The molecule has 4 nitrogen and oxygen atoms in total. The Labute approximate surface area is 153 Å². The van der Waals surface area contributed by atoms with E-state index >= 15 is 0 Å². The number of aromatic hydroxyl groups is 3. The van der Waals surface area contributed by atoms with E-state index < -0.39 is 5.92 Å². The summed E-state index contributed by atoms with van der Waals surface area (Å²) in [5.74, 6) is 0.259. The summed E-state index contributed by atoms with van der Waals surface area (Å²) in [4.78, 5) is 0. The fourth-order valence-corrected chi connectivity index (χ4v) is 3.21. The summed E-state index contributed by atoms with van der Waals surface area (Å²) in [6, 6.07) is 15.8. The molecule has 0 aromatic heterocycles. The third-order valence-corrected chi connectivity index (χ3v) is 4.53. The first kappa shape index (κ1) is 17.7. The number of aryl methyl sites for hydroxylation is 2. The molecule has 0 atom stereocenters. The zero-order valence-electron chi connectivity index (χ0n) is 15.0. The Morgan fingerprint density at radius 1 is 0.692 bits per heavy atom. The van der Waals surface area contributed by atoms with Crippen LogP contribution in [-0.2, 0) is 0 Å². The van der Waals surface area contributed by atoms with Crippen molar-refractivity contribution in [3.8, 4) is 23.0 Å². The Kier molecular flexibility index (Phi) is 4.76. The van der Waals surface area contributed by atoms with Crippen molar-refractivity contribution in [1.29, 1.82) is 0 Å². The van der Waals surface area contributed by atoms with Crippen LogP contribution in [0.15, 0.2) is 54.6 Å². The number of rotatable bonds is 4. The van der Waals surface area contributed by atoms with E-state index in [4.69, 9.17) is 4.74 Å². The van der Waals surface area contributed by atoms with E-state index in [-0.39, 0.29) is 17.2 Å². The summed E-state index contributed by atoms with van der Waals surface area (Å²) in [7, 11) is 1.49. The van der Waals surface area contributed by atoms with Crippen molar-refractivity contribution >= 4 is 0 Å². The van der Waals surface area contributed by atoms with Gasteiger partial charge in [-0.3, -0.25) is 0 Å². The van der Waals surface area contributed by atoms with Crippen molar-refractivity contribution in [1.82, 2.24) is 0 Å². The van der Waals surface area contributed by atoms with Gasteiger partial charge in [0.2, 0.25) is 0 Å². The first-order valence-electron chi connectivity index (χ1n) is 8.36. The van der Waals surface area contributed by atoms with E-state index in [0.29, 0.717) is 16.9 Å². The molecule has 0 aliphatic heterocycles. The van der Waals surface area contributed by atoms with E-state index in [1.807, 2.05) is 38.1 Å². The van der Waals surface area contributed by atoms with Gasteiger partial charge in [-0.05, 0) is 43.7 Å². The van der Waals surface area contributed by atoms with E-state index in [1.54, 1.807) is 30.3 Å². The summed E-state index contributed by atoms with van der Waals surface area (Å²) in [6.45, 7) is 3.90. The van der Waals surface area contributed by atoms with Crippen LogP contribution in [0.4, 0.5) is 0 Å². The summed E-state index contributed by atoms with van der Waals surface area (Å²) in [5, 5.41) is 30.9. The number of benzene rings is 3. The van der Waals surface area contributed by atoms with Crippen LogP contribution in [-0.4, -0.2) is 22.4 Å². The Bertz CT molecular complexity index is 895. The molecule has 0 saturated carbocycles. The maximum Gasteiger partial charge on any atom is 0.160 e. The Morgan fingerprint density at radius 3 is 1.69 bits per heavy atom. The third-order valence-electron chi connectivity index (χ3n) is 4.53. The molecule has 0 unspecified atom stereocenters. The molecule has 3 aromatic rings. The fraction of sp³-hybridized carbons (Fsp3) is 0.182. The number of phenols is 3. The average Bonchev–Trinajstić information content (AvgIpc) is 2.62. The molecule has 26 heavy (non-hydrogen) atoms. The molecular formula is C22H22O4. The Hall–Kier alpha value is -3.14. The minimum Gasteiger partial charge on any atom is -0.508 e. The van der Waals surface area contributed by atoms with E-state index in [2.05, 4.69) is 0 Å². The molecule has 3 aromatic carbocycles. The third kappa shape index (κ3) is 3.31.